The van der Waals surface area contributed by atoms with Crippen molar-refractivity contribution in [2.45, 2.75) is 24.4 Å². The second-order valence-electron chi connectivity index (χ2n) is 6.21. The Kier molecular flexibility index (Phi) is 6.43. The first-order valence-electron chi connectivity index (χ1n) is 8.48. The number of rotatable bonds is 6. The third-order valence-electron chi connectivity index (χ3n) is 3.97. The van der Waals surface area contributed by atoms with Crippen molar-refractivity contribution < 1.29 is 18.0 Å². The van der Waals surface area contributed by atoms with E-state index in [0.717, 1.165) is 23.4 Å². The highest BCUT2D eigenvalue weighted by Gasteiger charge is 2.30. The summed E-state index contributed by atoms with van der Waals surface area (Å²) in [6.07, 6.45) is -4.46. The van der Waals surface area contributed by atoms with Crippen LogP contribution in [0.25, 0.3) is 0 Å². The maximum atomic E-state index is 12.7. The van der Waals surface area contributed by atoms with Crippen LogP contribution >= 0.6 is 23.1 Å². The molecule has 0 unspecified atom stereocenters. The lowest BCUT2D eigenvalue weighted by Gasteiger charge is -2.09. The zero-order valence-electron chi connectivity index (χ0n) is 15.5. The summed E-state index contributed by atoms with van der Waals surface area (Å²) in [6, 6.07) is 10.5. The molecule has 0 saturated heterocycles. The number of alkyl halides is 3. The zero-order valence-corrected chi connectivity index (χ0v) is 17.1. The van der Waals surface area contributed by atoms with Gasteiger partial charge in [-0.05, 0) is 55.3 Å². The predicted octanol–water partition coefficient (Wildman–Crippen LogP) is 5.65. The predicted molar refractivity (Wildman–Crippen MR) is 110 cm³/mol. The van der Waals surface area contributed by atoms with Crippen LogP contribution < -0.4 is 10.6 Å². The quantitative estimate of drug-likeness (QED) is 0.487. The third-order valence-corrected chi connectivity index (χ3v) is 5.94. The van der Waals surface area contributed by atoms with Gasteiger partial charge in [0.25, 0.3) is 0 Å². The number of carbonyl (C=O) groups is 1. The number of anilines is 3. The van der Waals surface area contributed by atoms with Crippen molar-refractivity contribution in [3.8, 4) is 0 Å². The smallest absolute Gasteiger partial charge is 0.330 e. The van der Waals surface area contributed by atoms with Gasteiger partial charge in [0.2, 0.25) is 11.0 Å². The molecule has 3 aromatic rings. The first kappa shape index (κ1) is 21.1. The first-order valence-corrected chi connectivity index (χ1v) is 10.3. The molecule has 1 heterocycles. The molecule has 152 valence electrons. The van der Waals surface area contributed by atoms with Gasteiger partial charge in [-0.25, -0.2) is 0 Å². The maximum absolute atomic E-state index is 12.7. The van der Waals surface area contributed by atoms with Gasteiger partial charge in [0, 0.05) is 11.4 Å². The molecular formula is C19H17F3N4OS2. The average molecular weight is 439 g/mol. The molecule has 1 amide bonds. The van der Waals surface area contributed by atoms with E-state index in [1.807, 2.05) is 32.0 Å². The highest BCUT2D eigenvalue weighted by Crippen LogP contribution is 2.31. The van der Waals surface area contributed by atoms with Crippen LogP contribution in [0.3, 0.4) is 0 Å². The van der Waals surface area contributed by atoms with Crippen molar-refractivity contribution in [1.29, 1.82) is 0 Å². The van der Waals surface area contributed by atoms with Crippen LogP contribution in [0.5, 0.6) is 0 Å². The van der Waals surface area contributed by atoms with Gasteiger partial charge in [0.1, 0.15) is 0 Å². The SMILES string of the molecule is Cc1ccc(Nc2nnc(SCC(=O)Nc3cccc(C(F)(F)F)c3)s2)cc1C. The number of hydrogen-bond donors (Lipinski definition) is 2. The van der Waals surface area contributed by atoms with Crippen molar-refractivity contribution in [3.63, 3.8) is 0 Å². The number of aryl methyl sites for hydroxylation is 2. The van der Waals surface area contributed by atoms with Gasteiger partial charge in [-0.1, -0.05) is 35.2 Å². The molecule has 2 N–H and O–H groups in total. The largest absolute Gasteiger partial charge is 0.416 e. The summed E-state index contributed by atoms with van der Waals surface area (Å²) in [7, 11) is 0. The fourth-order valence-corrected chi connectivity index (χ4v) is 3.93. The van der Waals surface area contributed by atoms with E-state index in [4.69, 9.17) is 0 Å². The molecule has 1 aromatic heterocycles. The summed E-state index contributed by atoms with van der Waals surface area (Å²) in [5.74, 6) is -0.415. The summed E-state index contributed by atoms with van der Waals surface area (Å²) in [5, 5.41) is 14.3. The molecule has 0 saturated carbocycles. The summed E-state index contributed by atoms with van der Waals surface area (Å²) in [4.78, 5) is 12.0. The van der Waals surface area contributed by atoms with Crippen LogP contribution in [0.2, 0.25) is 0 Å². The molecule has 0 aliphatic rings. The fraction of sp³-hybridized carbons (Fsp3) is 0.211. The van der Waals surface area contributed by atoms with Crippen LogP contribution in [0, 0.1) is 13.8 Å². The van der Waals surface area contributed by atoms with Crippen molar-refractivity contribution in [2.24, 2.45) is 0 Å². The number of carbonyl (C=O) groups excluding carboxylic acids is 1. The Balaban J connectivity index is 1.54. The Hall–Kier alpha value is -2.59. The van der Waals surface area contributed by atoms with Crippen LogP contribution in [0.1, 0.15) is 16.7 Å². The second-order valence-corrected chi connectivity index (χ2v) is 8.41. The second kappa shape index (κ2) is 8.83. The monoisotopic (exact) mass is 438 g/mol. The van der Waals surface area contributed by atoms with Gasteiger partial charge in [0.05, 0.1) is 11.3 Å². The molecule has 0 atom stereocenters. The van der Waals surface area contributed by atoms with E-state index < -0.39 is 17.6 Å². The zero-order chi connectivity index (χ0) is 21.0. The van der Waals surface area contributed by atoms with E-state index in [1.54, 1.807) is 0 Å². The van der Waals surface area contributed by atoms with E-state index >= 15 is 0 Å². The molecular weight excluding hydrogens is 421 g/mol. The van der Waals surface area contributed by atoms with Crippen molar-refractivity contribution in [1.82, 2.24) is 10.2 Å². The Labute approximate surface area is 173 Å². The topological polar surface area (TPSA) is 66.9 Å². The van der Waals surface area contributed by atoms with Crippen molar-refractivity contribution in [2.75, 3.05) is 16.4 Å². The molecule has 5 nitrogen and oxygen atoms in total. The van der Waals surface area contributed by atoms with Gasteiger partial charge in [-0.2, -0.15) is 13.2 Å². The number of thioether (sulfide) groups is 1. The van der Waals surface area contributed by atoms with Gasteiger partial charge in [-0.3, -0.25) is 4.79 Å². The fourth-order valence-electron chi connectivity index (χ4n) is 2.36. The van der Waals surface area contributed by atoms with Crippen LogP contribution in [0.15, 0.2) is 46.8 Å². The summed E-state index contributed by atoms with van der Waals surface area (Å²) < 4.78 is 38.8. The molecule has 0 aliphatic carbocycles. The van der Waals surface area contributed by atoms with Gasteiger partial charge in [-0.15, -0.1) is 10.2 Å². The molecule has 29 heavy (non-hydrogen) atoms. The minimum atomic E-state index is -4.46. The molecule has 2 aromatic carbocycles. The third kappa shape index (κ3) is 5.94. The number of amides is 1. The lowest BCUT2D eigenvalue weighted by molar-refractivity contribution is -0.137. The first-order chi connectivity index (χ1) is 13.7. The Morgan fingerprint density at radius 2 is 1.86 bits per heavy atom. The number of halogens is 3. The molecule has 0 radical (unpaired) electrons. The molecule has 0 aliphatic heterocycles. The lowest BCUT2D eigenvalue weighted by Crippen LogP contribution is -2.15. The Bertz CT molecular complexity index is 1020. The molecule has 3 rings (SSSR count). The molecule has 0 bridgehead atoms. The van der Waals surface area contributed by atoms with Crippen molar-refractivity contribution >= 4 is 45.5 Å². The number of aromatic nitrogens is 2. The summed E-state index contributed by atoms with van der Waals surface area (Å²) in [5.41, 5.74) is 2.52. The summed E-state index contributed by atoms with van der Waals surface area (Å²) >= 11 is 2.46. The van der Waals surface area contributed by atoms with E-state index in [9.17, 15) is 18.0 Å². The highest BCUT2D eigenvalue weighted by atomic mass is 32.2. The highest BCUT2D eigenvalue weighted by molar-refractivity contribution is 8.01. The molecule has 0 spiro atoms. The van der Waals surface area contributed by atoms with Crippen LogP contribution in [0.4, 0.5) is 29.7 Å². The van der Waals surface area contributed by atoms with E-state index in [1.165, 1.54) is 40.8 Å². The van der Waals surface area contributed by atoms with Crippen molar-refractivity contribution in [3.05, 3.63) is 59.2 Å². The normalized spacial score (nSPS) is 11.3. The molecule has 10 heteroatoms. The Morgan fingerprint density at radius 3 is 2.59 bits per heavy atom. The minimum Gasteiger partial charge on any atom is -0.330 e. The standard InChI is InChI=1S/C19H17F3N4OS2/c1-11-6-7-15(8-12(11)2)24-17-25-26-18(29-17)28-10-16(27)23-14-5-3-4-13(9-14)19(20,21)22/h3-9H,10H2,1-2H3,(H,23,27)(H,24,25). The molecule has 0 fully saturated rings. The van der Waals surface area contributed by atoms with Gasteiger partial charge < -0.3 is 10.6 Å². The average Bonchev–Trinajstić information content (AvgIpc) is 3.10. The van der Waals surface area contributed by atoms with Gasteiger partial charge in [0.15, 0.2) is 4.34 Å². The number of benzene rings is 2. The minimum absolute atomic E-state index is 0.00845. The van der Waals surface area contributed by atoms with Crippen LogP contribution in [-0.4, -0.2) is 21.9 Å². The summed E-state index contributed by atoms with van der Waals surface area (Å²) in [6.45, 7) is 4.05. The number of hydrogen-bond acceptors (Lipinski definition) is 6. The van der Waals surface area contributed by atoms with E-state index in [0.29, 0.717) is 9.47 Å². The van der Waals surface area contributed by atoms with E-state index in [2.05, 4.69) is 20.8 Å². The van der Waals surface area contributed by atoms with E-state index in [-0.39, 0.29) is 11.4 Å². The number of nitrogens with one attached hydrogen (secondary N) is 2. The number of nitrogens with zero attached hydrogens (tertiary/aromatic N) is 2. The lowest BCUT2D eigenvalue weighted by atomic mass is 10.1. The maximum Gasteiger partial charge on any atom is 0.416 e. The Morgan fingerprint density at radius 1 is 1.07 bits per heavy atom. The van der Waals surface area contributed by atoms with Crippen LogP contribution in [-0.2, 0) is 11.0 Å². The van der Waals surface area contributed by atoms with Gasteiger partial charge >= 0.3 is 6.18 Å².